The summed E-state index contributed by atoms with van der Waals surface area (Å²) in [7, 11) is 0. The second-order valence-electron chi connectivity index (χ2n) is 6.62. The first-order valence-electron chi connectivity index (χ1n) is 9.05. The number of hydrogen-bond donors (Lipinski definition) is 2. The third-order valence-electron chi connectivity index (χ3n) is 4.20. The van der Waals surface area contributed by atoms with Crippen LogP contribution in [-0.4, -0.2) is 27.1 Å². The van der Waals surface area contributed by atoms with Crippen molar-refractivity contribution >= 4 is 23.6 Å². The van der Waals surface area contributed by atoms with Crippen LogP contribution in [-0.2, 0) is 4.79 Å². The molecule has 0 radical (unpaired) electrons. The summed E-state index contributed by atoms with van der Waals surface area (Å²) in [6.45, 7) is 4.28. The van der Waals surface area contributed by atoms with Crippen molar-refractivity contribution in [3.8, 4) is 5.69 Å². The maximum atomic E-state index is 12.9. The molecule has 0 fully saturated rings. The second-order valence-corrected chi connectivity index (χ2v) is 7.57. The van der Waals surface area contributed by atoms with Gasteiger partial charge in [0.15, 0.2) is 5.16 Å². The number of carbonyl (C=O) groups excluding carboxylic acids is 2. The lowest BCUT2D eigenvalue weighted by atomic mass is 10.0. The third-order valence-corrected chi connectivity index (χ3v) is 5.17. The van der Waals surface area contributed by atoms with E-state index in [2.05, 4.69) is 41.8 Å². The highest BCUT2D eigenvalue weighted by Crippen LogP contribution is 2.22. The van der Waals surface area contributed by atoms with Crippen molar-refractivity contribution in [1.29, 1.82) is 0 Å². The smallest absolute Gasteiger partial charge is 0.269 e. The number of carbonyl (C=O) groups is 2. The average Bonchev–Trinajstić information content (AvgIpc) is 3.19. The van der Waals surface area contributed by atoms with Crippen LogP contribution in [0, 0.1) is 5.82 Å². The fourth-order valence-electron chi connectivity index (χ4n) is 2.58. The molecule has 150 valence electrons. The summed E-state index contributed by atoms with van der Waals surface area (Å²) < 4.78 is 14.8. The lowest BCUT2D eigenvalue weighted by Crippen LogP contribution is -2.42. The van der Waals surface area contributed by atoms with Crippen molar-refractivity contribution in [1.82, 2.24) is 20.4 Å². The van der Waals surface area contributed by atoms with Crippen molar-refractivity contribution in [3.05, 3.63) is 77.9 Å². The molecule has 2 N–H and O–H groups in total. The van der Waals surface area contributed by atoms with Gasteiger partial charge in [0.25, 0.3) is 5.91 Å². The number of nitrogens with zero attached hydrogens (tertiary/aromatic N) is 2. The number of rotatable bonds is 6. The molecule has 3 rings (SSSR count). The Hall–Kier alpha value is -3.13. The zero-order valence-electron chi connectivity index (χ0n) is 16.1. The summed E-state index contributed by atoms with van der Waals surface area (Å²) in [5.74, 6) is -0.804. The molecule has 3 aromatic rings. The van der Waals surface area contributed by atoms with E-state index in [9.17, 15) is 14.0 Å². The van der Waals surface area contributed by atoms with Gasteiger partial charge in [-0.3, -0.25) is 25.0 Å². The first kappa shape index (κ1) is 20.6. The topological polar surface area (TPSA) is 76.0 Å². The second kappa shape index (κ2) is 9.38. The molecular weight excluding hydrogens is 391 g/mol. The number of amides is 2. The fraction of sp³-hybridized carbons (Fsp3) is 0.190. The van der Waals surface area contributed by atoms with Gasteiger partial charge in [-0.2, -0.15) is 0 Å². The third kappa shape index (κ3) is 5.45. The van der Waals surface area contributed by atoms with Crippen molar-refractivity contribution in [2.24, 2.45) is 0 Å². The van der Waals surface area contributed by atoms with Crippen LogP contribution in [0.1, 0.15) is 35.7 Å². The Kier molecular flexibility index (Phi) is 6.66. The van der Waals surface area contributed by atoms with E-state index in [-0.39, 0.29) is 17.2 Å². The molecule has 0 bridgehead atoms. The highest BCUT2D eigenvalue weighted by molar-refractivity contribution is 7.99. The van der Waals surface area contributed by atoms with E-state index in [4.69, 9.17) is 0 Å². The van der Waals surface area contributed by atoms with Crippen LogP contribution in [0.2, 0.25) is 0 Å². The van der Waals surface area contributed by atoms with Crippen LogP contribution in [0.25, 0.3) is 5.69 Å². The minimum absolute atomic E-state index is 0.0742. The van der Waals surface area contributed by atoms with E-state index >= 15 is 0 Å². The molecular formula is C21H21FN4O2S. The zero-order chi connectivity index (χ0) is 20.8. The minimum atomic E-state index is -0.518. The maximum absolute atomic E-state index is 12.9. The van der Waals surface area contributed by atoms with E-state index in [1.54, 1.807) is 6.20 Å². The number of benzene rings is 2. The van der Waals surface area contributed by atoms with E-state index in [0.717, 1.165) is 5.69 Å². The number of hydrogen-bond acceptors (Lipinski definition) is 4. The van der Waals surface area contributed by atoms with Gasteiger partial charge in [0.2, 0.25) is 5.91 Å². The molecule has 0 atom stereocenters. The SMILES string of the molecule is CC(C)c1ccc(-n2ccnc2SCC(=O)NNC(=O)c2ccc(F)cc2)cc1. The highest BCUT2D eigenvalue weighted by atomic mass is 32.2. The Labute approximate surface area is 172 Å². The van der Waals surface area contributed by atoms with E-state index in [0.29, 0.717) is 11.1 Å². The van der Waals surface area contributed by atoms with E-state index < -0.39 is 11.7 Å². The molecule has 0 saturated heterocycles. The number of thioether (sulfide) groups is 1. The van der Waals surface area contributed by atoms with Gasteiger partial charge in [-0.05, 0) is 47.9 Å². The highest BCUT2D eigenvalue weighted by Gasteiger charge is 2.11. The Morgan fingerprint density at radius 1 is 1.07 bits per heavy atom. The van der Waals surface area contributed by atoms with Crippen LogP contribution >= 0.6 is 11.8 Å². The van der Waals surface area contributed by atoms with E-state index in [1.807, 2.05) is 22.9 Å². The van der Waals surface area contributed by atoms with Gasteiger partial charge in [-0.15, -0.1) is 0 Å². The summed E-state index contributed by atoms with van der Waals surface area (Å²) in [5.41, 5.74) is 7.11. The quantitative estimate of drug-likeness (QED) is 0.478. The van der Waals surface area contributed by atoms with Crippen molar-refractivity contribution in [2.75, 3.05) is 5.75 Å². The van der Waals surface area contributed by atoms with Gasteiger partial charge in [0.05, 0.1) is 5.75 Å². The Morgan fingerprint density at radius 2 is 1.76 bits per heavy atom. The monoisotopic (exact) mass is 412 g/mol. The first-order valence-corrected chi connectivity index (χ1v) is 10.0. The lowest BCUT2D eigenvalue weighted by Gasteiger charge is -2.10. The molecule has 0 spiro atoms. The standard InChI is InChI=1S/C21H21FN4O2S/c1-14(2)15-5-9-18(10-6-15)26-12-11-23-21(26)29-13-19(27)24-25-20(28)16-3-7-17(22)8-4-16/h3-12,14H,13H2,1-2H3,(H,24,27)(H,25,28). The lowest BCUT2D eigenvalue weighted by molar-refractivity contribution is -0.119. The molecule has 0 unspecified atom stereocenters. The predicted octanol–water partition coefficient (Wildman–Crippen LogP) is 3.69. The summed E-state index contributed by atoms with van der Waals surface area (Å²) in [6, 6.07) is 13.2. The van der Waals surface area contributed by atoms with Crippen LogP contribution in [0.4, 0.5) is 4.39 Å². The number of aromatic nitrogens is 2. The first-order chi connectivity index (χ1) is 13.9. The molecule has 0 aliphatic carbocycles. The molecule has 29 heavy (non-hydrogen) atoms. The molecule has 1 heterocycles. The molecule has 0 aliphatic rings. The van der Waals surface area contributed by atoms with Gasteiger partial charge in [-0.25, -0.2) is 9.37 Å². The van der Waals surface area contributed by atoms with Crippen LogP contribution in [0.3, 0.4) is 0 Å². The van der Waals surface area contributed by atoms with Crippen molar-refractivity contribution < 1.29 is 14.0 Å². The van der Waals surface area contributed by atoms with Gasteiger partial charge in [0.1, 0.15) is 5.82 Å². The predicted molar refractivity (Wildman–Crippen MR) is 110 cm³/mol. The van der Waals surface area contributed by atoms with Crippen molar-refractivity contribution in [3.63, 3.8) is 0 Å². The largest absolute Gasteiger partial charge is 0.295 e. The summed E-state index contributed by atoms with van der Waals surface area (Å²) in [5, 5.41) is 0.669. The maximum Gasteiger partial charge on any atom is 0.269 e. The zero-order valence-corrected chi connectivity index (χ0v) is 16.9. The van der Waals surface area contributed by atoms with Gasteiger partial charge >= 0.3 is 0 Å². The summed E-state index contributed by atoms with van der Waals surface area (Å²) >= 11 is 1.26. The molecule has 8 heteroatoms. The molecule has 2 aromatic carbocycles. The minimum Gasteiger partial charge on any atom is -0.295 e. The number of imidazole rings is 1. The normalized spacial score (nSPS) is 10.8. The average molecular weight is 412 g/mol. The van der Waals surface area contributed by atoms with Crippen LogP contribution < -0.4 is 10.9 Å². The molecule has 1 aromatic heterocycles. The summed E-state index contributed by atoms with van der Waals surface area (Å²) in [4.78, 5) is 28.3. The fourth-order valence-corrected chi connectivity index (χ4v) is 3.35. The van der Waals surface area contributed by atoms with Gasteiger partial charge < -0.3 is 0 Å². The van der Waals surface area contributed by atoms with Crippen LogP contribution in [0.15, 0.2) is 66.1 Å². The van der Waals surface area contributed by atoms with Gasteiger partial charge in [-0.1, -0.05) is 37.7 Å². The molecule has 2 amide bonds. The molecule has 6 nitrogen and oxygen atoms in total. The van der Waals surface area contributed by atoms with E-state index in [1.165, 1.54) is 41.6 Å². The molecule has 0 saturated carbocycles. The van der Waals surface area contributed by atoms with Gasteiger partial charge in [0, 0.05) is 23.6 Å². The van der Waals surface area contributed by atoms with Crippen molar-refractivity contribution in [2.45, 2.75) is 24.9 Å². The summed E-state index contributed by atoms with van der Waals surface area (Å²) in [6.07, 6.45) is 3.51. The Morgan fingerprint density at radius 3 is 2.41 bits per heavy atom. The number of halogens is 1. The molecule has 0 aliphatic heterocycles. The Bertz CT molecular complexity index is 985. The Balaban J connectivity index is 1.54. The number of hydrazine groups is 1. The number of nitrogens with one attached hydrogen (secondary N) is 2. The van der Waals surface area contributed by atoms with Crippen LogP contribution in [0.5, 0.6) is 0 Å².